The molecule has 0 aromatic carbocycles. The second-order valence-corrected chi connectivity index (χ2v) is 5.96. The topological polar surface area (TPSA) is 81.6 Å². The molecule has 0 aromatic heterocycles. The van der Waals surface area contributed by atoms with Gasteiger partial charge in [0, 0.05) is 12.6 Å². The Kier molecular flexibility index (Phi) is 4.81. The lowest BCUT2D eigenvalue weighted by molar-refractivity contribution is -0.124. The van der Waals surface area contributed by atoms with Crippen molar-refractivity contribution in [3.05, 3.63) is 0 Å². The quantitative estimate of drug-likeness (QED) is 0.760. The van der Waals surface area contributed by atoms with Crippen molar-refractivity contribution in [1.29, 1.82) is 0 Å². The molecular formula is C14H27N3O2. The number of nitrogens with zero attached hydrogens (tertiary/aromatic N) is 1. The Morgan fingerprint density at radius 2 is 2.32 bits per heavy atom. The van der Waals surface area contributed by atoms with Crippen molar-refractivity contribution in [2.75, 3.05) is 26.3 Å². The van der Waals surface area contributed by atoms with E-state index in [4.69, 9.17) is 16.2 Å². The molecule has 2 fully saturated rings. The van der Waals surface area contributed by atoms with Crippen LogP contribution in [0.15, 0.2) is 0 Å². The average molecular weight is 269 g/mol. The standard InChI is InChI=1S/C14H27N3O2/c1-2-12-10-19-9-8-17(12)7-5-11-4-3-6-14(11,16)13(15)18/h11-12H,2-10,16H2,1H3,(H2,15,18). The van der Waals surface area contributed by atoms with Gasteiger partial charge in [0.1, 0.15) is 0 Å². The third-order valence-electron chi connectivity index (χ3n) is 4.92. The maximum atomic E-state index is 11.6. The molecule has 1 aliphatic heterocycles. The van der Waals surface area contributed by atoms with Crippen molar-refractivity contribution >= 4 is 5.91 Å². The molecule has 1 heterocycles. The number of rotatable bonds is 5. The van der Waals surface area contributed by atoms with Crippen molar-refractivity contribution in [3.8, 4) is 0 Å². The van der Waals surface area contributed by atoms with Gasteiger partial charge in [-0.15, -0.1) is 0 Å². The second kappa shape index (κ2) is 6.20. The van der Waals surface area contributed by atoms with Crippen LogP contribution in [0.3, 0.4) is 0 Å². The van der Waals surface area contributed by atoms with E-state index < -0.39 is 5.54 Å². The fourth-order valence-electron chi connectivity index (χ4n) is 3.51. The number of amides is 1. The number of primary amides is 1. The number of nitrogens with two attached hydrogens (primary N) is 2. The van der Waals surface area contributed by atoms with Crippen molar-refractivity contribution in [1.82, 2.24) is 4.90 Å². The SMILES string of the molecule is CCC1COCCN1CCC1CCCC1(N)C(N)=O. The third kappa shape index (κ3) is 3.09. The Morgan fingerprint density at radius 3 is 3.00 bits per heavy atom. The molecule has 1 aliphatic carbocycles. The highest BCUT2D eigenvalue weighted by Crippen LogP contribution is 2.36. The monoisotopic (exact) mass is 269 g/mol. The maximum Gasteiger partial charge on any atom is 0.237 e. The van der Waals surface area contributed by atoms with Crippen molar-refractivity contribution in [2.45, 2.75) is 50.6 Å². The molecule has 5 nitrogen and oxygen atoms in total. The predicted octanol–water partition coefficient (Wildman–Crippen LogP) is 0.470. The normalized spacial score (nSPS) is 36.5. The average Bonchev–Trinajstić information content (AvgIpc) is 2.79. The first-order valence-corrected chi connectivity index (χ1v) is 7.48. The zero-order chi connectivity index (χ0) is 13.9. The summed E-state index contributed by atoms with van der Waals surface area (Å²) >= 11 is 0. The van der Waals surface area contributed by atoms with Crippen molar-refractivity contribution in [3.63, 3.8) is 0 Å². The lowest BCUT2D eigenvalue weighted by atomic mass is 9.84. The lowest BCUT2D eigenvalue weighted by Gasteiger charge is -2.37. The second-order valence-electron chi connectivity index (χ2n) is 5.96. The first-order chi connectivity index (χ1) is 9.08. The molecule has 2 rings (SSSR count). The van der Waals surface area contributed by atoms with Gasteiger partial charge >= 0.3 is 0 Å². The summed E-state index contributed by atoms with van der Waals surface area (Å²) in [6, 6.07) is 0.510. The largest absolute Gasteiger partial charge is 0.378 e. The summed E-state index contributed by atoms with van der Waals surface area (Å²) in [5, 5.41) is 0. The molecule has 0 aromatic rings. The van der Waals surface area contributed by atoms with E-state index in [0.29, 0.717) is 6.04 Å². The molecule has 2 aliphatic rings. The summed E-state index contributed by atoms with van der Waals surface area (Å²) < 4.78 is 5.51. The van der Waals surface area contributed by atoms with Gasteiger partial charge in [-0.25, -0.2) is 0 Å². The summed E-state index contributed by atoms with van der Waals surface area (Å²) in [5.41, 5.74) is 10.9. The van der Waals surface area contributed by atoms with Gasteiger partial charge in [-0.3, -0.25) is 9.69 Å². The van der Waals surface area contributed by atoms with E-state index in [2.05, 4.69) is 11.8 Å². The molecular weight excluding hydrogens is 242 g/mol. The minimum absolute atomic E-state index is 0.241. The predicted molar refractivity (Wildman–Crippen MR) is 74.5 cm³/mol. The number of morpholine rings is 1. The van der Waals surface area contributed by atoms with Crippen molar-refractivity contribution in [2.24, 2.45) is 17.4 Å². The van der Waals surface area contributed by atoms with E-state index in [-0.39, 0.29) is 11.8 Å². The van der Waals surface area contributed by atoms with Gasteiger partial charge in [0.05, 0.1) is 18.8 Å². The van der Waals surface area contributed by atoms with Crippen LogP contribution in [-0.2, 0) is 9.53 Å². The highest BCUT2D eigenvalue weighted by atomic mass is 16.5. The van der Waals surface area contributed by atoms with E-state index in [9.17, 15) is 4.79 Å². The van der Waals surface area contributed by atoms with Gasteiger partial charge in [-0.1, -0.05) is 13.3 Å². The Balaban J connectivity index is 1.89. The molecule has 0 spiro atoms. The van der Waals surface area contributed by atoms with E-state index in [1.54, 1.807) is 0 Å². The van der Waals surface area contributed by atoms with Crippen LogP contribution in [0, 0.1) is 5.92 Å². The molecule has 1 amide bonds. The van der Waals surface area contributed by atoms with Crippen LogP contribution in [-0.4, -0.2) is 48.7 Å². The molecule has 1 saturated heterocycles. The van der Waals surface area contributed by atoms with Crippen LogP contribution in [0.25, 0.3) is 0 Å². The molecule has 3 atom stereocenters. The summed E-state index contributed by atoms with van der Waals surface area (Å²) in [4.78, 5) is 14.0. The van der Waals surface area contributed by atoms with Crippen LogP contribution in [0.2, 0.25) is 0 Å². The zero-order valence-electron chi connectivity index (χ0n) is 11.9. The molecule has 110 valence electrons. The van der Waals surface area contributed by atoms with Gasteiger partial charge in [0.2, 0.25) is 5.91 Å². The zero-order valence-corrected chi connectivity index (χ0v) is 11.9. The van der Waals surface area contributed by atoms with Gasteiger partial charge in [0.25, 0.3) is 0 Å². The summed E-state index contributed by atoms with van der Waals surface area (Å²) in [5.74, 6) is -0.0885. The molecule has 5 heteroatoms. The Labute approximate surface area is 115 Å². The number of carbonyl (C=O) groups excluding carboxylic acids is 1. The van der Waals surface area contributed by atoms with Crippen LogP contribution in [0.1, 0.15) is 39.0 Å². The van der Waals surface area contributed by atoms with E-state index in [1.165, 1.54) is 0 Å². The van der Waals surface area contributed by atoms with Crippen LogP contribution >= 0.6 is 0 Å². The fourth-order valence-corrected chi connectivity index (χ4v) is 3.51. The van der Waals surface area contributed by atoms with Crippen LogP contribution in [0.5, 0.6) is 0 Å². The maximum absolute atomic E-state index is 11.6. The van der Waals surface area contributed by atoms with E-state index in [0.717, 1.165) is 58.4 Å². The van der Waals surface area contributed by atoms with Crippen molar-refractivity contribution < 1.29 is 9.53 Å². The molecule has 0 bridgehead atoms. The first kappa shape index (κ1) is 14.8. The first-order valence-electron chi connectivity index (χ1n) is 7.48. The van der Waals surface area contributed by atoms with Crippen LogP contribution < -0.4 is 11.5 Å². The third-order valence-corrected chi connectivity index (χ3v) is 4.92. The Hall–Kier alpha value is -0.650. The summed E-state index contributed by atoms with van der Waals surface area (Å²) in [6.07, 6.45) is 4.86. The summed E-state index contributed by atoms with van der Waals surface area (Å²) in [7, 11) is 0. The van der Waals surface area contributed by atoms with Crippen LogP contribution in [0.4, 0.5) is 0 Å². The highest BCUT2D eigenvalue weighted by Gasteiger charge is 2.44. The summed E-state index contributed by atoms with van der Waals surface area (Å²) in [6.45, 7) is 5.81. The van der Waals surface area contributed by atoms with Gasteiger partial charge < -0.3 is 16.2 Å². The molecule has 3 unspecified atom stereocenters. The number of ether oxygens (including phenoxy) is 1. The molecule has 0 radical (unpaired) electrons. The Morgan fingerprint density at radius 1 is 1.53 bits per heavy atom. The highest BCUT2D eigenvalue weighted by molar-refractivity contribution is 5.85. The molecule has 4 N–H and O–H groups in total. The fraction of sp³-hybridized carbons (Fsp3) is 0.929. The van der Waals surface area contributed by atoms with Gasteiger partial charge in [-0.05, 0) is 38.1 Å². The van der Waals surface area contributed by atoms with E-state index in [1.807, 2.05) is 0 Å². The number of hydrogen-bond acceptors (Lipinski definition) is 4. The van der Waals surface area contributed by atoms with Gasteiger partial charge in [0.15, 0.2) is 0 Å². The number of carbonyl (C=O) groups is 1. The molecule has 19 heavy (non-hydrogen) atoms. The lowest BCUT2D eigenvalue weighted by Crippen LogP contribution is -2.55. The van der Waals surface area contributed by atoms with E-state index >= 15 is 0 Å². The Bertz CT molecular complexity index is 324. The van der Waals surface area contributed by atoms with Gasteiger partial charge in [-0.2, -0.15) is 0 Å². The molecule has 1 saturated carbocycles. The minimum Gasteiger partial charge on any atom is -0.378 e. The minimum atomic E-state index is -0.770. The smallest absolute Gasteiger partial charge is 0.237 e. The number of hydrogen-bond donors (Lipinski definition) is 2.